The second-order valence-electron chi connectivity index (χ2n) is 5.88. The molecule has 1 saturated heterocycles. The molecule has 0 bridgehead atoms. The number of nitrogens with one attached hydrogen (secondary N) is 1. The molecule has 0 spiro atoms. The fourth-order valence-corrected chi connectivity index (χ4v) is 3.07. The Morgan fingerprint density at radius 2 is 1.54 bits per heavy atom. The lowest BCUT2D eigenvalue weighted by molar-refractivity contribution is -0.134. The van der Waals surface area contributed by atoms with Gasteiger partial charge in [0.05, 0.1) is 4.47 Å². The van der Waals surface area contributed by atoms with Crippen LogP contribution in [-0.4, -0.2) is 54.5 Å². The minimum Gasteiger partial charge on any atom is -0.483 e. The van der Waals surface area contributed by atoms with Gasteiger partial charge in [0.1, 0.15) is 5.75 Å². The largest absolute Gasteiger partial charge is 0.483 e. The topological polar surface area (TPSA) is 61.9 Å². The summed E-state index contributed by atoms with van der Waals surface area (Å²) in [6.45, 7) is 1.98. The van der Waals surface area contributed by atoms with E-state index in [1.54, 1.807) is 9.80 Å². The van der Waals surface area contributed by atoms with E-state index in [-0.39, 0.29) is 18.5 Å². The second-order valence-corrected chi connectivity index (χ2v) is 6.74. The number of urea groups is 1. The summed E-state index contributed by atoms with van der Waals surface area (Å²) in [4.78, 5) is 28.0. The average molecular weight is 418 g/mol. The molecule has 2 aromatic rings. The first-order valence-corrected chi connectivity index (χ1v) is 9.19. The van der Waals surface area contributed by atoms with Crippen LogP contribution in [0.15, 0.2) is 59.1 Å². The van der Waals surface area contributed by atoms with Crippen molar-refractivity contribution in [3.8, 4) is 5.75 Å². The van der Waals surface area contributed by atoms with Crippen molar-refractivity contribution in [3.63, 3.8) is 0 Å². The number of piperazine rings is 1. The molecule has 0 unspecified atom stereocenters. The van der Waals surface area contributed by atoms with E-state index in [9.17, 15) is 9.59 Å². The first kappa shape index (κ1) is 18.3. The molecule has 3 amide bonds. The van der Waals surface area contributed by atoms with E-state index in [1.165, 1.54) is 0 Å². The highest BCUT2D eigenvalue weighted by Gasteiger charge is 2.24. The minimum atomic E-state index is -0.146. The van der Waals surface area contributed by atoms with Crippen molar-refractivity contribution in [2.75, 3.05) is 38.1 Å². The average Bonchev–Trinajstić information content (AvgIpc) is 2.68. The maximum absolute atomic E-state index is 12.3. The van der Waals surface area contributed by atoms with Gasteiger partial charge in [-0.05, 0) is 40.2 Å². The van der Waals surface area contributed by atoms with E-state index >= 15 is 0 Å². The summed E-state index contributed by atoms with van der Waals surface area (Å²) in [6.07, 6.45) is 0. The molecular weight excluding hydrogens is 398 g/mol. The van der Waals surface area contributed by atoms with Gasteiger partial charge in [-0.25, -0.2) is 4.79 Å². The van der Waals surface area contributed by atoms with Crippen LogP contribution in [0.5, 0.6) is 5.75 Å². The Balaban J connectivity index is 1.45. The van der Waals surface area contributed by atoms with Crippen LogP contribution in [0, 0.1) is 0 Å². The van der Waals surface area contributed by atoms with E-state index in [1.807, 2.05) is 54.6 Å². The lowest BCUT2D eigenvalue weighted by atomic mass is 10.3. The van der Waals surface area contributed by atoms with Crippen molar-refractivity contribution < 1.29 is 14.3 Å². The van der Waals surface area contributed by atoms with Crippen LogP contribution in [0.25, 0.3) is 0 Å². The smallest absolute Gasteiger partial charge is 0.321 e. The molecule has 3 rings (SSSR count). The van der Waals surface area contributed by atoms with Crippen LogP contribution < -0.4 is 10.1 Å². The third-order valence-corrected chi connectivity index (χ3v) is 4.79. The third kappa shape index (κ3) is 4.76. The number of ether oxygens (including phenoxy) is 1. The summed E-state index contributed by atoms with van der Waals surface area (Å²) >= 11 is 3.39. The third-order valence-electron chi connectivity index (χ3n) is 4.13. The quantitative estimate of drug-likeness (QED) is 0.830. The van der Waals surface area contributed by atoms with Crippen molar-refractivity contribution in [3.05, 3.63) is 59.1 Å². The molecule has 136 valence electrons. The highest BCUT2D eigenvalue weighted by Crippen LogP contribution is 2.23. The van der Waals surface area contributed by atoms with Crippen LogP contribution in [0.2, 0.25) is 0 Å². The lowest BCUT2D eigenvalue weighted by Crippen LogP contribution is -2.52. The summed E-state index contributed by atoms with van der Waals surface area (Å²) in [5, 5.41) is 2.86. The maximum Gasteiger partial charge on any atom is 0.321 e. The maximum atomic E-state index is 12.3. The van der Waals surface area contributed by atoms with Gasteiger partial charge in [0, 0.05) is 31.9 Å². The summed E-state index contributed by atoms with van der Waals surface area (Å²) in [7, 11) is 0. The van der Waals surface area contributed by atoms with Crippen molar-refractivity contribution in [1.82, 2.24) is 9.80 Å². The summed E-state index contributed by atoms with van der Waals surface area (Å²) < 4.78 is 6.39. The molecule has 0 aromatic heterocycles. The van der Waals surface area contributed by atoms with Gasteiger partial charge in [-0.3, -0.25) is 4.79 Å². The van der Waals surface area contributed by atoms with Crippen LogP contribution in [0.4, 0.5) is 10.5 Å². The molecule has 2 aromatic carbocycles. The SMILES string of the molecule is O=C(COc1ccccc1Br)N1CCN(C(=O)Nc2ccccc2)CC1. The Morgan fingerprint density at radius 1 is 0.923 bits per heavy atom. The summed E-state index contributed by atoms with van der Waals surface area (Å²) in [6, 6.07) is 16.6. The number of hydrogen-bond acceptors (Lipinski definition) is 3. The van der Waals surface area contributed by atoms with E-state index in [2.05, 4.69) is 21.2 Å². The molecule has 1 heterocycles. The molecular formula is C19H20BrN3O3. The minimum absolute atomic E-state index is 0.0151. The number of nitrogens with zero attached hydrogens (tertiary/aromatic N) is 2. The van der Waals surface area contributed by atoms with E-state index in [0.29, 0.717) is 31.9 Å². The number of benzene rings is 2. The van der Waals surface area contributed by atoms with Crippen LogP contribution in [-0.2, 0) is 4.79 Å². The molecule has 6 nitrogen and oxygen atoms in total. The predicted octanol–water partition coefficient (Wildman–Crippen LogP) is 3.20. The zero-order valence-electron chi connectivity index (χ0n) is 14.2. The van der Waals surface area contributed by atoms with Crippen molar-refractivity contribution >= 4 is 33.6 Å². The van der Waals surface area contributed by atoms with E-state index < -0.39 is 0 Å². The highest BCUT2D eigenvalue weighted by molar-refractivity contribution is 9.10. The zero-order chi connectivity index (χ0) is 18.4. The van der Waals surface area contributed by atoms with Gasteiger partial charge in [0.2, 0.25) is 0 Å². The van der Waals surface area contributed by atoms with Gasteiger partial charge in [-0.2, -0.15) is 0 Å². The van der Waals surface area contributed by atoms with Crippen LogP contribution >= 0.6 is 15.9 Å². The zero-order valence-corrected chi connectivity index (χ0v) is 15.8. The Labute approximate surface area is 160 Å². The molecule has 1 fully saturated rings. The Morgan fingerprint density at radius 3 is 2.23 bits per heavy atom. The molecule has 0 saturated carbocycles. The Bertz CT molecular complexity index is 762. The summed E-state index contributed by atoms with van der Waals surface area (Å²) in [5.41, 5.74) is 0.762. The molecule has 0 radical (unpaired) electrons. The number of hydrogen-bond donors (Lipinski definition) is 1. The Hall–Kier alpha value is -2.54. The summed E-state index contributed by atoms with van der Waals surface area (Å²) in [5.74, 6) is 0.561. The van der Waals surface area contributed by atoms with Gasteiger partial charge in [-0.15, -0.1) is 0 Å². The van der Waals surface area contributed by atoms with Gasteiger partial charge in [0.25, 0.3) is 5.91 Å². The van der Waals surface area contributed by atoms with E-state index in [0.717, 1.165) is 10.2 Å². The first-order valence-electron chi connectivity index (χ1n) is 8.39. The van der Waals surface area contributed by atoms with Gasteiger partial charge in [-0.1, -0.05) is 30.3 Å². The second kappa shape index (κ2) is 8.71. The fourth-order valence-electron chi connectivity index (χ4n) is 2.68. The monoisotopic (exact) mass is 417 g/mol. The number of rotatable bonds is 4. The predicted molar refractivity (Wildman–Crippen MR) is 103 cm³/mol. The molecule has 0 atom stereocenters. The molecule has 0 aliphatic carbocycles. The molecule has 1 aliphatic heterocycles. The normalized spacial score (nSPS) is 14.0. The number of amides is 3. The molecule has 26 heavy (non-hydrogen) atoms. The van der Waals surface area contributed by atoms with Gasteiger partial charge >= 0.3 is 6.03 Å². The van der Waals surface area contributed by atoms with Crippen LogP contribution in [0.1, 0.15) is 0 Å². The van der Waals surface area contributed by atoms with Crippen LogP contribution in [0.3, 0.4) is 0 Å². The molecule has 1 aliphatic rings. The number of carbonyl (C=O) groups excluding carboxylic acids is 2. The van der Waals surface area contributed by atoms with Crippen molar-refractivity contribution in [2.45, 2.75) is 0 Å². The Kier molecular flexibility index (Phi) is 6.12. The lowest BCUT2D eigenvalue weighted by Gasteiger charge is -2.34. The number of halogens is 1. The first-order chi connectivity index (χ1) is 12.6. The number of carbonyl (C=O) groups is 2. The number of anilines is 1. The standard InChI is InChI=1S/C19H20BrN3O3/c20-16-8-4-5-9-17(16)26-14-18(24)22-10-12-23(13-11-22)19(25)21-15-6-2-1-3-7-15/h1-9H,10-14H2,(H,21,25). The van der Waals surface area contributed by atoms with Gasteiger partial charge < -0.3 is 19.9 Å². The molecule has 1 N–H and O–H groups in total. The van der Waals surface area contributed by atoms with Crippen molar-refractivity contribution in [1.29, 1.82) is 0 Å². The van der Waals surface area contributed by atoms with E-state index in [4.69, 9.17) is 4.74 Å². The fraction of sp³-hybridized carbons (Fsp3) is 0.263. The molecule has 7 heteroatoms. The highest BCUT2D eigenvalue weighted by atomic mass is 79.9. The van der Waals surface area contributed by atoms with Crippen molar-refractivity contribution in [2.24, 2.45) is 0 Å². The van der Waals surface area contributed by atoms with Gasteiger partial charge in [0.15, 0.2) is 6.61 Å². The number of para-hydroxylation sites is 2.